The number of hydrogen-bond acceptors (Lipinski definition) is 7. The van der Waals surface area contributed by atoms with Crippen LogP contribution in [0, 0.1) is 6.92 Å². The minimum absolute atomic E-state index is 0.0338. The molecular formula is C23H29O7PS. The van der Waals surface area contributed by atoms with E-state index in [0.717, 1.165) is 11.1 Å². The molecule has 7 nitrogen and oxygen atoms in total. The summed E-state index contributed by atoms with van der Waals surface area (Å²) in [7, 11) is -4.69. The Bertz CT molecular complexity index is 1010. The number of carbonyl (C=O) groups excluding carboxylic acids is 1. The molecule has 32 heavy (non-hydrogen) atoms. The number of hydrogen-bond donors (Lipinski definition) is 0. The van der Waals surface area contributed by atoms with E-state index >= 15 is 0 Å². The van der Waals surface area contributed by atoms with Gasteiger partial charge in [-0.1, -0.05) is 48.0 Å². The molecular weight excluding hydrogens is 451 g/mol. The molecule has 0 aliphatic rings. The van der Waals surface area contributed by atoms with Gasteiger partial charge in [0.1, 0.15) is 5.16 Å². The Morgan fingerprint density at radius 1 is 1.00 bits per heavy atom. The maximum Gasteiger partial charge on any atom is 0.339 e. The van der Waals surface area contributed by atoms with Crippen LogP contribution in [0.15, 0.2) is 59.5 Å². The normalized spacial score (nSPS) is 15.6. The molecule has 0 amide bonds. The van der Waals surface area contributed by atoms with Gasteiger partial charge in [-0.3, -0.25) is 8.75 Å². The standard InChI is InChI=1S/C23H29O7PS/c1-5-28-21(24)22(4,29-6-2)23(31-25,16-19-10-8-7-9-11-19)17-30-32(26,27)20-14-12-18(3)13-15-20/h7-15H,5-6,16-17H2,1-4H3. The number of benzene rings is 2. The van der Waals surface area contributed by atoms with Crippen molar-refractivity contribution in [2.75, 3.05) is 19.8 Å². The maximum absolute atomic E-state index is 13.0. The first-order chi connectivity index (χ1) is 15.1. The van der Waals surface area contributed by atoms with Crippen molar-refractivity contribution in [3.63, 3.8) is 0 Å². The first kappa shape index (κ1) is 26.1. The van der Waals surface area contributed by atoms with Gasteiger partial charge in [0.25, 0.3) is 10.1 Å². The summed E-state index contributed by atoms with van der Waals surface area (Å²) < 4.78 is 54.8. The zero-order valence-electron chi connectivity index (χ0n) is 18.7. The van der Waals surface area contributed by atoms with Gasteiger partial charge in [-0.2, -0.15) is 8.42 Å². The van der Waals surface area contributed by atoms with Crippen LogP contribution in [0.1, 0.15) is 31.9 Å². The number of ether oxygens (including phenoxy) is 2. The van der Waals surface area contributed by atoms with E-state index in [4.69, 9.17) is 13.7 Å². The van der Waals surface area contributed by atoms with Crippen LogP contribution in [0.4, 0.5) is 0 Å². The molecule has 2 aromatic rings. The van der Waals surface area contributed by atoms with Gasteiger partial charge in [0.15, 0.2) is 14.1 Å². The highest BCUT2D eigenvalue weighted by Gasteiger charge is 2.57. The van der Waals surface area contributed by atoms with Crippen LogP contribution in [0.3, 0.4) is 0 Å². The van der Waals surface area contributed by atoms with Gasteiger partial charge in [-0.15, -0.1) is 0 Å². The Hall–Kier alpha value is -2.12. The Balaban J connectivity index is 2.52. The second-order valence-electron chi connectivity index (χ2n) is 7.50. The van der Waals surface area contributed by atoms with Gasteiger partial charge < -0.3 is 9.47 Å². The van der Waals surface area contributed by atoms with E-state index in [1.54, 1.807) is 50.2 Å². The van der Waals surface area contributed by atoms with Crippen LogP contribution in [-0.4, -0.2) is 45.0 Å². The second-order valence-corrected chi connectivity index (χ2v) is 10.2. The molecule has 0 heterocycles. The molecule has 174 valence electrons. The van der Waals surface area contributed by atoms with E-state index < -0.39 is 41.9 Å². The Labute approximate surface area is 191 Å². The summed E-state index contributed by atoms with van der Waals surface area (Å²) in [4.78, 5) is 13.0. The molecule has 9 heteroatoms. The zero-order chi connectivity index (χ0) is 23.8. The molecule has 2 rings (SSSR count). The molecule has 0 aliphatic heterocycles. The van der Waals surface area contributed by atoms with E-state index in [2.05, 4.69) is 0 Å². The Morgan fingerprint density at radius 3 is 2.16 bits per heavy atom. The van der Waals surface area contributed by atoms with Crippen molar-refractivity contribution in [3.05, 3.63) is 65.7 Å². The fourth-order valence-corrected chi connectivity index (χ4v) is 5.07. The summed E-state index contributed by atoms with van der Waals surface area (Å²) in [6.07, 6.45) is 0.0532. The van der Waals surface area contributed by atoms with Gasteiger partial charge in [-0.25, -0.2) is 4.79 Å². The summed E-state index contributed by atoms with van der Waals surface area (Å²) in [6.45, 7) is 6.29. The van der Waals surface area contributed by atoms with Crippen LogP contribution < -0.4 is 0 Å². The predicted molar refractivity (Wildman–Crippen MR) is 121 cm³/mol. The highest BCUT2D eigenvalue weighted by atomic mass is 32.2. The van der Waals surface area contributed by atoms with E-state index in [0.29, 0.717) is 0 Å². The summed E-state index contributed by atoms with van der Waals surface area (Å²) in [5, 5.41) is -1.58. The van der Waals surface area contributed by atoms with Crippen molar-refractivity contribution >= 4 is 24.5 Å². The quantitative estimate of drug-likeness (QED) is 0.253. The lowest BCUT2D eigenvalue weighted by Gasteiger charge is -2.41. The summed E-state index contributed by atoms with van der Waals surface area (Å²) >= 11 is 0. The third kappa shape index (κ3) is 5.81. The monoisotopic (exact) mass is 480 g/mol. The zero-order valence-corrected chi connectivity index (χ0v) is 20.4. The Morgan fingerprint density at radius 2 is 1.62 bits per heavy atom. The number of aryl methyl sites for hydroxylation is 1. The van der Waals surface area contributed by atoms with Crippen LogP contribution in [0.2, 0.25) is 0 Å². The molecule has 0 aromatic heterocycles. The molecule has 0 radical (unpaired) electrons. The predicted octanol–water partition coefficient (Wildman–Crippen LogP) is 4.33. The van der Waals surface area contributed by atoms with Crippen LogP contribution in [0.5, 0.6) is 0 Å². The molecule has 2 aromatic carbocycles. The van der Waals surface area contributed by atoms with Gasteiger partial charge in [0, 0.05) is 6.61 Å². The van der Waals surface area contributed by atoms with Crippen LogP contribution in [0.25, 0.3) is 0 Å². The van der Waals surface area contributed by atoms with Crippen molar-refractivity contribution in [2.24, 2.45) is 0 Å². The average Bonchev–Trinajstić information content (AvgIpc) is 2.78. The van der Waals surface area contributed by atoms with Crippen LogP contribution in [-0.2, 0) is 39.6 Å². The fourth-order valence-electron chi connectivity index (χ4n) is 3.33. The molecule has 0 saturated carbocycles. The molecule has 2 unspecified atom stereocenters. The average molecular weight is 481 g/mol. The second kappa shape index (κ2) is 11.1. The van der Waals surface area contributed by atoms with Crippen molar-refractivity contribution in [2.45, 2.75) is 49.8 Å². The third-order valence-electron chi connectivity index (χ3n) is 5.26. The molecule has 0 spiro atoms. The van der Waals surface area contributed by atoms with Crippen molar-refractivity contribution < 1.29 is 31.4 Å². The van der Waals surface area contributed by atoms with E-state index in [9.17, 15) is 17.8 Å². The number of rotatable bonds is 12. The van der Waals surface area contributed by atoms with Crippen molar-refractivity contribution in [3.8, 4) is 0 Å². The minimum atomic E-state index is -4.18. The molecule has 0 N–H and O–H groups in total. The van der Waals surface area contributed by atoms with Gasteiger partial charge in [0.2, 0.25) is 0 Å². The SMILES string of the molecule is CCOC(=O)C(C)(OCC)C(COS(=O)(=O)c1ccc(C)cc1)(Cc1ccccc1)P=O. The summed E-state index contributed by atoms with van der Waals surface area (Å²) in [5.41, 5.74) is -0.103. The first-order valence-corrected chi connectivity index (χ1v) is 12.5. The van der Waals surface area contributed by atoms with E-state index in [1.807, 2.05) is 13.0 Å². The highest BCUT2D eigenvalue weighted by molar-refractivity contribution is 7.86. The largest absolute Gasteiger partial charge is 0.464 e. The minimum Gasteiger partial charge on any atom is -0.464 e. The van der Waals surface area contributed by atoms with Crippen molar-refractivity contribution in [1.29, 1.82) is 0 Å². The summed E-state index contributed by atoms with van der Waals surface area (Å²) in [5.74, 6) is -0.738. The van der Waals surface area contributed by atoms with Crippen molar-refractivity contribution in [1.82, 2.24) is 0 Å². The summed E-state index contributed by atoms with van der Waals surface area (Å²) in [6, 6.07) is 15.2. The van der Waals surface area contributed by atoms with Gasteiger partial charge in [-0.05, 0) is 51.8 Å². The fraction of sp³-hybridized carbons (Fsp3) is 0.435. The first-order valence-electron chi connectivity index (χ1n) is 10.3. The van der Waals surface area contributed by atoms with E-state index in [1.165, 1.54) is 19.1 Å². The lowest BCUT2D eigenvalue weighted by molar-refractivity contribution is -0.176. The van der Waals surface area contributed by atoms with Gasteiger partial charge >= 0.3 is 5.97 Å². The molecule has 0 saturated heterocycles. The maximum atomic E-state index is 13.0. The van der Waals surface area contributed by atoms with Gasteiger partial charge in [0.05, 0.1) is 18.1 Å². The smallest absolute Gasteiger partial charge is 0.339 e. The third-order valence-corrected chi connectivity index (χ3v) is 7.60. The topological polar surface area (TPSA) is 96.0 Å². The molecule has 0 aliphatic carbocycles. The molecule has 0 fully saturated rings. The lowest BCUT2D eigenvalue weighted by Crippen LogP contribution is -2.60. The number of esters is 1. The molecule has 2 atom stereocenters. The highest BCUT2D eigenvalue weighted by Crippen LogP contribution is 2.43. The Kier molecular flexibility index (Phi) is 9.10. The number of carbonyl (C=O) groups is 1. The van der Waals surface area contributed by atoms with E-state index in [-0.39, 0.29) is 24.5 Å². The van der Waals surface area contributed by atoms with Crippen LogP contribution >= 0.6 is 8.46 Å². The molecule has 0 bridgehead atoms. The lowest BCUT2D eigenvalue weighted by atomic mass is 9.83.